The minimum absolute atomic E-state index is 0.0543. The van der Waals surface area contributed by atoms with E-state index in [1.165, 1.54) is 18.2 Å². The van der Waals surface area contributed by atoms with Gasteiger partial charge >= 0.3 is 0 Å². The fraction of sp³-hybridized carbons (Fsp3) is 0.0588. The smallest absolute Gasteiger partial charge is 0.250 e. The summed E-state index contributed by atoms with van der Waals surface area (Å²) in [5.41, 5.74) is 1.16. The standard InChI is InChI=1S/C17H13BrCl2N2O3S/c1-25-14-4-3-10(18)6-9(14)2-5-15(23)22-17(26)21-11-7-12(19)16(24)13(20)8-11/h2-8,24H,1H3,(H2,21,22,23,26)/b5-2+. The number of anilines is 1. The Balaban J connectivity index is 2.01. The highest BCUT2D eigenvalue weighted by Gasteiger charge is 2.09. The molecule has 0 heterocycles. The van der Waals surface area contributed by atoms with Crippen molar-refractivity contribution in [1.82, 2.24) is 5.32 Å². The summed E-state index contributed by atoms with van der Waals surface area (Å²) in [4.78, 5) is 12.0. The van der Waals surface area contributed by atoms with Gasteiger partial charge in [0.15, 0.2) is 10.9 Å². The number of phenols is 1. The molecule has 2 rings (SSSR count). The van der Waals surface area contributed by atoms with E-state index in [2.05, 4.69) is 26.6 Å². The first kappa shape index (κ1) is 20.5. The maximum Gasteiger partial charge on any atom is 0.250 e. The number of rotatable bonds is 4. The SMILES string of the molecule is COc1ccc(Br)cc1/C=C/C(=O)NC(=S)Nc1cc(Cl)c(O)c(Cl)c1. The summed E-state index contributed by atoms with van der Waals surface area (Å²) in [6.07, 6.45) is 2.94. The Bertz CT molecular complexity index is 867. The van der Waals surface area contributed by atoms with E-state index < -0.39 is 5.91 Å². The van der Waals surface area contributed by atoms with Crippen LogP contribution in [0.15, 0.2) is 40.9 Å². The number of ether oxygens (including phenoxy) is 1. The topological polar surface area (TPSA) is 70.6 Å². The average Bonchev–Trinajstić information content (AvgIpc) is 2.57. The third-order valence-electron chi connectivity index (χ3n) is 3.12. The van der Waals surface area contributed by atoms with Crippen LogP contribution in [0.5, 0.6) is 11.5 Å². The number of carbonyl (C=O) groups excluding carboxylic acids is 1. The second-order valence-electron chi connectivity index (χ2n) is 4.95. The van der Waals surface area contributed by atoms with Crippen LogP contribution in [0.2, 0.25) is 10.0 Å². The predicted octanol–water partition coefficient (Wildman–Crippen LogP) is 5.00. The minimum Gasteiger partial charge on any atom is -0.505 e. The number of nitrogens with one attached hydrogen (secondary N) is 2. The van der Waals surface area contributed by atoms with Crippen LogP contribution in [-0.4, -0.2) is 23.2 Å². The molecular weight excluding hydrogens is 463 g/mol. The van der Waals surface area contributed by atoms with Crippen LogP contribution < -0.4 is 15.4 Å². The molecule has 2 aromatic carbocycles. The van der Waals surface area contributed by atoms with Crippen LogP contribution >= 0.6 is 51.3 Å². The summed E-state index contributed by atoms with van der Waals surface area (Å²) in [5, 5.41) is 15.0. The lowest BCUT2D eigenvalue weighted by molar-refractivity contribution is -0.115. The van der Waals surface area contributed by atoms with Crippen molar-refractivity contribution in [1.29, 1.82) is 0 Å². The van der Waals surface area contributed by atoms with Crippen LogP contribution in [0.1, 0.15) is 5.56 Å². The Morgan fingerprint density at radius 2 is 1.92 bits per heavy atom. The largest absolute Gasteiger partial charge is 0.505 e. The highest BCUT2D eigenvalue weighted by molar-refractivity contribution is 9.10. The van der Waals surface area contributed by atoms with Gasteiger partial charge in [0.1, 0.15) is 5.75 Å². The van der Waals surface area contributed by atoms with Crippen molar-refractivity contribution in [2.24, 2.45) is 0 Å². The van der Waals surface area contributed by atoms with Crippen molar-refractivity contribution in [3.05, 3.63) is 56.5 Å². The molecule has 5 nitrogen and oxygen atoms in total. The molecule has 3 N–H and O–H groups in total. The van der Waals surface area contributed by atoms with Gasteiger partial charge in [0.2, 0.25) is 5.91 Å². The van der Waals surface area contributed by atoms with Gasteiger partial charge in [0.25, 0.3) is 0 Å². The van der Waals surface area contributed by atoms with E-state index >= 15 is 0 Å². The lowest BCUT2D eigenvalue weighted by Gasteiger charge is -2.10. The summed E-state index contributed by atoms with van der Waals surface area (Å²) < 4.78 is 6.10. The zero-order chi connectivity index (χ0) is 19.3. The van der Waals surface area contributed by atoms with Gasteiger partial charge < -0.3 is 15.2 Å². The van der Waals surface area contributed by atoms with Gasteiger partial charge in [0, 0.05) is 21.8 Å². The lowest BCUT2D eigenvalue weighted by atomic mass is 10.2. The molecule has 0 atom stereocenters. The summed E-state index contributed by atoms with van der Waals surface area (Å²) >= 11 is 20.1. The zero-order valence-electron chi connectivity index (χ0n) is 13.3. The van der Waals surface area contributed by atoms with Gasteiger partial charge in [-0.05, 0) is 48.6 Å². The summed E-state index contributed by atoms with van der Waals surface area (Å²) in [6.45, 7) is 0. The first-order chi connectivity index (χ1) is 12.3. The number of phenolic OH excluding ortho intramolecular Hbond substituents is 1. The van der Waals surface area contributed by atoms with Gasteiger partial charge in [-0.1, -0.05) is 39.1 Å². The predicted molar refractivity (Wildman–Crippen MR) is 112 cm³/mol. The molecule has 0 aliphatic carbocycles. The second kappa shape index (κ2) is 9.23. The van der Waals surface area contributed by atoms with Gasteiger partial charge in [-0.3, -0.25) is 10.1 Å². The number of carbonyl (C=O) groups is 1. The Morgan fingerprint density at radius 1 is 1.27 bits per heavy atom. The first-order valence-corrected chi connectivity index (χ1v) is 9.07. The van der Waals surface area contributed by atoms with Crippen molar-refractivity contribution in [2.45, 2.75) is 0 Å². The van der Waals surface area contributed by atoms with Gasteiger partial charge in [-0.25, -0.2) is 0 Å². The molecular formula is C17H13BrCl2N2O3S. The normalized spacial score (nSPS) is 10.6. The maximum atomic E-state index is 12.0. The third-order valence-corrected chi connectivity index (χ3v) is 4.39. The number of hydrogen-bond donors (Lipinski definition) is 3. The molecule has 0 radical (unpaired) electrons. The molecule has 1 amide bonds. The number of aromatic hydroxyl groups is 1. The van der Waals surface area contributed by atoms with Crippen molar-refractivity contribution in [3.8, 4) is 11.5 Å². The van der Waals surface area contributed by atoms with Crippen LogP contribution in [0.25, 0.3) is 6.08 Å². The molecule has 26 heavy (non-hydrogen) atoms. The van der Waals surface area contributed by atoms with E-state index in [9.17, 15) is 9.90 Å². The molecule has 0 bridgehead atoms. The third kappa shape index (κ3) is 5.60. The zero-order valence-corrected chi connectivity index (χ0v) is 17.3. The maximum absolute atomic E-state index is 12.0. The van der Waals surface area contributed by atoms with Crippen LogP contribution in [0.4, 0.5) is 5.69 Å². The second-order valence-corrected chi connectivity index (χ2v) is 7.09. The van der Waals surface area contributed by atoms with Crippen molar-refractivity contribution in [3.63, 3.8) is 0 Å². The summed E-state index contributed by atoms with van der Waals surface area (Å²) in [7, 11) is 1.55. The molecule has 0 saturated heterocycles. The molecule has 0 aromatic heterocycles. The highest BCUT2D eigenvalue weighted by atomic mass is 79.9. The fourth-order valence-corrected chi connectivity index (χ4v) is 3.04. The average molecular weight is 476 g/mol. The first-order valence-electron chi connectivity index (χ1n) is 7.11. The highest BCUT2D eigenvalue weighted by Crippen LogP contribution is 2.34. The molecule has 0 spiro atoms. The molecule has 9 heteroatoms. The molecule has 2 aromatic rings. The van der Waals surface area contributed by atoms with E-state index in [4.69, 9.17) is 40.2 Å². The number of amides is 1. The number of halogens is 3. The molecule has 0 aliphatic rings. The van der Waals surface area contributed by atoms with Crippen molar-refractivity contribution < 1.29 is 14.6 Å². The Hall–Kier alpha value is -1.80. The van der Waals surface area contributed by atoms with E-state index in [1.807, 2.05) is 12.1 Å². The van der Waals surface area contributed by atoms with Gasteiger partial charge in [0.05, 0.1) is 17.2 Å². The van der Waals surface area contributed by atoms with E-state index in [0.717, 1.165) is 10.0 Å². The van der Waals surface area contributed by atoms with Crippen LogP contribution in [0.3, 0.4) is 0 Å². The fourth-order valence-electron chi connectivity index (χ4n) is 1.95. The van der Waals surface area contributed by atoms with Gasteiger partial charge in [-0.15, -0.1) is 0 Å². The van der Waals surface area contributed by atoms with E-state index in [1.54, 1.807) is 19.3 Å². The van der Waals surface area contributed by atoms with Crippen molar-refractivity contribution >= 4 is 74.1 Å². The molecule has 0 unspecified atom stereocenters. The molecule has 136 valence electrons. The number of methoxy groups -OCH3 is 1. The number of hydrogen-bond acceptors (Lipinski definition) is 4. The van der Waals surface area contributed by atoms with E-state index in [0.29, 0.717) is 11.4 Å². The molecule has 0 saturated carbocycles. The molecule has 0 aliphatic heterocycles. The summed E-state index contributed by atoms with van der Waals surface area (Å²) in [5.74, 6) is -0.0217. The van der Waals surface area contributed by atoms with E-state index in [-0.39, 0.29) is 20.9 Å². The Kier molecular flexibility index (Phi) is 7.28. The number of benzene rings is 2. The van der Waals surface area contributed by atoms with Crippen LogP contribution in [-0.2, 0) is 4.79 Å². The van der Waals surface area contributed by atoms with Crippen molar-refractivity contribution in [2.75, 3.05) is 12.4 Å². The van der Waals surface area contributed by atoms with Gasteiger partial charge in [-0.2, -0.15) is 0 Å². The summed E-state index contributed by atoms with van der Waals surface area (Å²) in [6, 6.07) is 8.31. The van der Waals surface area contributed by atoms with Crippen LogP contribution in [0, 0.1) is 0 Å². The number of thiocarbonyl (C=S) groups is 1. The quantitative estimate of drug-likeness (QED) is 0.330. The monoisotopic (exact) mass is 474 g/mol. The lowest BCUT2D eigenvalue weighted by Crippen LogP contribution is -2.32. The Labute approximate surface area is 174 Å². The minimum atomic E-state index is -0.430. The Morgan fingerprint density at radius 3 is 2.54 bits per heavy atom. The molecule has 0 fully saturated rings.